The Morgan fingerprint density at radius 1 is 0.933 bits per heavy atom. The van der Waals surface area contributed by atoms with Crippen molar-refractivity contribution in [2.45, 2.75) is 37.0 Å². The summed E-state index contributed by atoms with van der Waals surface area (Å²) < 4.78 is 0. The van der Waals surface area contributed by atoms with E-state index in [-0.39, 0.29) is 0 Å². The summed E-state index contributed by atoms with van der Waals surface area (Å²) in [6.07, 6.45) is 9.07. The second-order valence-corrected chi connectivity index (χ2v) is 10.6. The monoisotopic (exact) mass is 245 g/mol. The summed E-state index contributed by atoms with van der Waals surface area (Å²) >= 11 is 0. The highest BCUT2D eigenvalue weighted by molar-refractivity contribution is 7.58. The van der Waals surface area contributed by atoms with Crippen LogP contribution in [0.4, 0.5) is 0 Å². The molecule has 15 heavy (non-hydrogen) atoms. The van der Waals surface area contributed by atoms with Gasteiger partial charge in [0.15, 0.2) is 0 Å². The third-order valence-electron chi connectivity index (χ3n) is 4.10. The van der Waals surface area contributed by atoms with Crippen molar-refractivity contribution in [3.8, 4) is 0 Å². The molecule has 0 radical (unpaired) electrons. The van der Waals surface area contributed by atoms with Crippen molar-refractivity contribution in [1.29, 1.82) is 0 Å². The van der Waals surface area contributed by atoms with Gasteiger partial charge in [0.2, 0.25) is 0 Å². The number of hydrogen-bond donors (Lipinski definition) is 1. The molecule has 4 unspecified atom stereocenters. The van der Waals surface area contributed by atoms with E-state index >= 15 is 0 Å². The van der Waals surface area contributed by atoms with Crippen LogP contribution in [0.15, 0.2) is 0 Å². The molecule has 2 heterocycles. The van der Waals surface area contributed by atoms with Crippen molar-refractivity contribution in [3.05, 3.63) is 0 Å². The van der Waals surface area contributed by atoms with Crippen molar-refractivity contribution >= 4 is 15.8 Å². The van der Waals surface area contributed by atoms with Crippen LogP contribution in [0.3, 0.4) is 0 Å². The fourth-order valence-electron chi connectivity index (χ4n) is 2.89. The molecule has 0 aliphatic carbocycles. The maximum Gasteiger partial charge on any atom is 0.00191 e. The van der Waals surface area contributed by atoms with Gasteiger partial charge in [0.05, 0.1) is 0 Å². The molecule has 0 aromatic carbocycles. The van der Waals surface area contributed by atoms with E-state index in [0.717, 1.165) is 11.3 Å². The first-order chi connectivity index (χ1) is 7.27. The Balaban J connectivity index is 1.62. The second kappa shape index (κ2) is 5.95. The van der Waals surface area contributed by atoms with E-state index in [1.54, 1.807) is 0 Å². The lowest BCUT2D eigenvalue weighted by molar-refractivity contribution is 0.616. The molecule has 3 heteroatoms. The molecule has 2 fully saturated rings. The van der Waals surface area contributed by atoms with Crippen LogP contribution in [0.5, 0.6) is 0 Å². The molecule has 0 bridgehead atoms. The summed E-state index contributed by atoms with van der Waals surface area (Å²) in [5.74, 6) is 0. The minimum absolute atomic E-state index is 0.379. The van der Waals surface area contributed by atoms with Crippen LogP contribution in [-0.4, -0.2) is 50.1 Å². The predicted molar refractivity (Wildman–Crippen MR) is 74.3 cm³/mol. The SMILES string of the molecule is CP1CCCC1CNCC1CCCP1C. The first-order valence-corrected chi connectivity index (χ1v) is 10.5. The molecule has 0 aromatic rings. The fourth-order valence-corrected chi connectivity index (χ4v) is 7.11. The zero-order chi connectivity index (χ0) is 10.7. The predicted octanol–water partition coefficient (Wildman–Crippen LogP) is 3.12. The average Bonchev–Trinajstić information content (AvgIpc) is 2.78. The quantitative estimate of drug-likeness (QED) is 0.750. The molecular weight excluding hydrogens is 220 g/mol. The number of hydrogen-bond acceptors (Lipinski definition) is 1. The first-order valence-electron chi connectivity index (χ1n) is 6.38. The maximum atomic E-state index is 3.76. The molecule has 88 valence electrons. The zero-order valence-corrected chi connectivity index (χ0v) is 12.0. The Morgan fingerprint density at radius 2 is 1.40 bits per heavy atom. The summed E-state index contributed by atoms with van der Waals surface area (Å²) in [5, 5.41) is 3.76. The summed E-state index contributed by atoms with van der Waals surface area (Å²) in [7, 11) is 0.759. The smallest absolute Gasteiger partial charge is 0.00191 e. The second-order valence-electron chi connectivity index (χ2n) is 5.21. The third-order valence-corrected chi connectivity index (χ3v) is 9.52. The van der Waals surface area contributed by atoms with Gasteiger partial charge in [-0.1, -0.05) is 0 Å². The molecule has 4 atom stereocenters. The first kappa shape index (κ1) is 12.3. The molecule has 2 saturated heterocycles. The lowest BCUT2D eigenvalue weighted by Crippen LogP contribution is -2.30. The van der Waals surface area contributed by atoms with E-state index in [0.29, 0.717) is 15.8 Å². The zero-order valence-electron chi connectivity index (χ0n) is 10.2. The number of rotatable bonds is 4. The lowest BCUT2D eigenvalue weighted by Gasteiger charge is -2.20. The lowest BCUT2D eigenvalue weighted by atomic mass is 10.2. The largest absolute Gasteiger partial charge is 0.315 e. The van der Waals surface area contributed by atoms with Crippen molar-refractivity contribution in [2.75, 3.05) is 38.7 Å². The normalized spacial score (nSPS) is 41.2. The molecule has 2 rings (SSSR count). The molecule has 1 N–H and O–H groups in total. The van der Waals surface area contributed by atoms with Gasteiger partial charge in [-0.3, -0.25) is 0 Å². The number of nitrogens with one attached hydrogen (secondary N) is 1. The highest BCUT2D eigenvalue weighted by Crippen LogP contribution is 2.47. The van der Waals surface area contributed by atoms with Crippen LogP contribution in [0.2, 0.25) is 0 Å². The van der Waals surface area contributed by atoms with Crippen LogP contribution in [0.25, 0.3) is 0 Å². The fraction of sp³-hybridized carbons (Fsp3) is 1.00. The van der Waals surface area contributed by atoms with Crippen molar-refractivity contribution in [3.63, 3.8) is 0 Å². The highest BCUT2D eigenvalue weighted by atomic mass is 31.1. The minimum Gasteiger partial charge on any atom is -0.315 e. The molecule has 1 nitrogen and oxygen atoms in total. The molecule has 0 aromatic heterocycles. The molecular formula is C12H25NP2. The van der Waals surface area contributed by atoms with Crippen molar-refractivity contribution in [1.82, 2.24) is 5.32 Å². The van der Waals surface area contributed by atoms with Crippen LogP contribution < -0.4 is 5.32 Å². The van der Waals surface area contributed by atoms with Crippen LogP contribution in [0, 0.1) is 0 Å². The van der Waals surface area contributed by atoms with E-state index in [9.17, 15) is 0 Å². The van der Waals surface area contributed by atoms with Gasteiger partial charge >= 0.3 is 0 Å². The summed E-state index contributed by atoms with van der Waals surface area (Å²) in [4.78, 5) is 0. The van der Waals surface area contributed by atoms with Gasteiger partial charge in [0, 0.05) is 13.1 Å². The van der Waals surface area contributed by atoms with E-state index < -0.39 is 0 Å². The molecule has 0 spiro atoms. The topological polar surface area (TPSA) is 12.0 Å². The van der Waals surface area contributed by atoms with Gasteiger partial charge < -0.3 is 5.32 Å². The van der Waals surface area contributed by atoms with Crippen LogP contribution in [0.1, 0.15) is 25.7 Å². The summed E-state index contributed by atoms with van der Waals surface area (Å²) in [6, 6.07) is 0. The van der Waals surface area contributed by atoms with Gasteiger partial charge in [-0.25, -0.2) is 0 Å². The molecule has 0 saturated carbocycles. The van der Waals surface area contributed by atoms with E-state index in [2.05, 4.69) is 18.6 Å². The third kappa shape index (κ3) is 3.39. The van der Waals surface area contributed by atoms with Gasteiger partial charge in [-0.15, -0.1) is 15.8 Å². The van der Waals surface area contributed by atoms with Gasteiger partial charge in [0.1, 0.15) is 0 Å². The molecule has 2 aliphatic rings. The van der Waals surface area contributed by atoms with Gasteiger partial charge in [-0.05, 0) is 62.7 Å². The molecule has 2 aliphatic heterocycles. The Kier molecular flexibility index (Phi) is 4.87. The Morgan fingerprint density at radius 3 is 1.73 bits per heavy atom. The van der Waals surface area contributed by atoms with Gasteiger partial charge in [-0.2, -0.15) is 0 Å². The van der Waals surface area contributed by atoms with E-state index in [1.807, 2.05) is 0 Å². The van der Waals surface area contributed by atoms with Crippen LogP contribution in [-0.2, 0) is 0 Å². The Labute approximate surface area is 97.3 Å². The minimum atomic E-state index is 0.379. The summed E-state index contributed by atoms with van der Waals surface area (Å²) in [6.45, 7) is 7.64. The average molecular weight is 245 g/mol. The molecule has 0 amide bonds. The highest BCUT2D eigenvalue weighted by Gasteiger charge is 2.25. The Hall–Kier alpha value is 0.820. The Bertz CT molecular complexity index is 178. The van der Waals surface area contributed by atoms with E-state index in [1.165, 1.54) is 51.1 Å². The standard InChI is InChI=1S/C12H25NP2/c1-14-7-3-5-11(14)9-13-10-12-6-4-8-15(12)2/h11-13H,3-10H2,1-2H3. The van der Waals surface area contributed by atoms with Gasteiger partial charge in [0.25, 0.3) is 0 Å². The van der Waals surface area contributed by atoms with Crippen molar-refractivity contribution in [2.24, 2.45) is 0 Å². The maximum absolute atomic E-state index is 3.76. The van der Waals surface area contributed by atoms with Crippen LogP contribution >= 0.6 is 15.8 Å². The van der Waals surface area contributed by atoms with Crippen molar-refractivity contribution < 1.29 is 0 Å². The van der Waals surface area contributed by atoms with E-state index in [4.69, 9.17) is 0 Å². The summed E-state index contributed by atoms with van der Waals surface area (Å²) in [5.41, 5.74) is 2.09.